The predicted octanol–water partition coefficient (Wildman–Crippen LogP) is 2.42. The van der Waals surface area contributed by atoms with Gasteiger partial charge in [-0.25, -0.2) is 0 Å². The second kappa shape index (κ2) is 4.58. The van der Waals surface area contributed by atoms with E-state index in [1.54, 1.807) is 6.20 Å². The fourth-order valence-electron chi connectivity index (χ4n) is 2.10. The van der Waals surface area contributed by atoms with Crippen molar-refractivity contribution in [2.24, 2.45) is 0 Å². The Kier molecular flexibility index (Phi) is 2.78. The smallest absolute Gasteiger partial charge is 0.142 e. The van der Waals surface area contributed by atoms with Crippen LogP contribution in [0.25, 0.3) is 11.0 Å². The van der Waals surface area contributed by atoms with Crippen molar-refractivity contribution in [3.8, 4) is 5.75 Å². The minimum atomic E-state index is 0.298. The summed E-state index contributed by atoms with van der Waals surface area (Å²) in [4.78, 5) is 3.06. The number of rotatable bonds is 4. The summed E-state index contributed by atoms with van der Waals surface area (Å²) in [5.41, 5.74) is 2.20. The topological polar surface area (TPSA) is 53.0 Å². The highest BCUT2D eigenvalue weighted by Crippen LogP contribution is 2.24. The molecule has 4 nitrogen and oxygen atoms in total. The molecule has 0 bridgehead atoms. The first kappa shape index (κ1) is 10.9. The molecule has 0 unspecified atom stereocenters. The zero-order valence-corrected chi connectivity index (χ0v) is 9.93. The van der Waals surface area contributed by atoms with Crippen molar-refractivity contribution in [1.29, 1.82) is 0 Å². The third kappa shape index (κ3) is 1.98. The van der Waals surface area contributed by atoms with Crippen LogP contribution >= 0.6 is 0 Å². The molecule has 0 aliphatic heterocycles. The average Bonchev–Trinajstić information content (AvgIpc) is 2.96. The molecule has 0 saturated heterocycles. The zero-order chi connectivity index (χ0) is 12.4. The van der Waals surface area contributed by atoms with E-state index < -0.39 is 0 Å². The Labute approximate surface area is 105 Å². The minimum absolute atomic E-state index is 0.298. The molecule has 0 radical (unpaired) electrons. The fraction of sp³-hybridized carbons (Fsp3) is 0.143. The van der Waals surface area contributed by atoms with Gasteiger partial charge < -0.3 is 14.7 Å². The number of fused-ring (bicyclic) bond motifs is 1. The number of aromatic nitrogens is 2. The average molecular weight is 241 g/mol. The molecule has 0 aliphatic rings. The van der Waals surface area contributed by atoms with E-state index in [1.807, 2.05) is 35.0 Å². The van der Waals surface area contributed by atoms with Gasteiger partial charge in [0.15, 0.2) is 0 Å². The van der Waals surface area contributed by atoms with Crippen LogP contribution in [0.1, 0.15) is 5.56 Å². The summed E-state index contributed by atoms with van der Waals surface area (Å²) in [6.07, 6.45) is 3.57. The van der Waals surface area contributed by atoms with Gasteiger partial charge in [0.05, 0.1) is 12.1 Å². The van der Waals surface area contributed by atoms with Gasteiger partial charge in [0.25, 0.3) is 0 Å². The van der Waals surface area contributed by atoms with Crippen LogP contribution in [0.15, 0.2) is 48.8 Å². The summed E-state index contributed by atoms with van der Waals surface area (Å²) in [5, 5.41) is 13.8. The number of nitrogens with one attached hydrogen (secondary N) is 2. The Morgan fingerprint density at radius 1 is 1.17 bits per heavy atom. The van der Waals surface area contributed by atoms with E-state index in [0.29, 0.717) is 12.4 Å². The number of hydrogen-bond donors (Lipinski definition) is 3. The summed E-state index contributed by atoms with van der Waals surface area (Å²) in [5.74, 6) is 0.298. The van der Waals surface area contributed by atoms with Crippen LogP contribution in [0.4, 0.5) is 0 Å². The second-order valence-electron chi connectivity index (χ2n) is 4.29. The molecule has 18 heavy (non-hydrogen) atoms. The van der Waals surface area contributed by atoms with Crippen molar-refractivity contribution < 1.29 is 5.11 Å². The molecule has 0 spiro atoms. The van der Waals surface area contributed by atoms with E-state index in [9.17, 15) is 5.11 Å². The monoisotopic (exact) mass is 241 g/mol. The molecule has 3 aromatic rings. The van der Waals surface area contributed by atoms with Crippen molar-refractivity contribution >= 4 is 11.0 Å². The summed E-state index contributed by atoms with van der Waals surface area (Å²) in [6.45, 7) is 1.53. The first-order valence-corrected chi connectivity index (χ1v) is 5.94. The molecule has 0 fully saturated rings. The molecule has 2 aromatic heterocycles. The summed E-state index contributed by atoms with van der Waals surface area (Å²) >= 11 is 0. The maximum Gasteiger partial charge on any atom is 0.142 e. The van der Waals surface area contributed by atoms with Gasteiger partial charge in [-0.15, -0.1) is 0 Å². The quantitative estimate of drug-likeness (QED) is 0.657. The van der Waals surface area contributed by atoms with Crippen LogP contribution in [0.5, 0.6) is 5.75 Å². The molecule has 92 valence electrons. The van der Waals surface area contributed by atoms with Crippen molar-refractivity contribution in [3.05, 3.63) is 54.4 Å². The van der Waals surface area contributed by atoms with E-state index in [1.165, 1.54) is 5.56 Å². The number of aromatic hydroxyl groups is 1. The van der Waals surface area contributed by atoms with Gasteiger partial charge in [-0.05, 0) is 11.6 Å². The fourth-order valence-corrected chi connectivity index (χ4v) is 2.10. The molecule has 4 heteroatoms. The van der Waals surface area contributed by atoms with E-state index in [4.69, 9.17) is 0 Å². The number of H-pyrrole nitrogens is 1. The maximum absolute atomic E-state index is 9.56. The standard InChI is InChI=1S/C14H15N3O/c18-13-9-16-14-12(13)6-7-17(14)10-15-8-11-4-2-1-3-5-11/h1-7,9,15-16,18H,8,10H2. The van der Waals surface area contributed by atoms with Gasteiger partial charge in [0.2, 0.25) is 0 Å². The molecule has 0 amide bonds. The normalized spacial score (nSPS) is 11.1. The Morgan fingerprint density at radius 3 is 2.83 bits per heavy atom. The maximum atomic E-state index is 9.56. The number of benzene rings is 1. The number of nitrogens with zero attached hydrogens (tertiary/aromatic N) is 1. The first-order chi connectivity index (χ1) is 8.84. The minimum Gasteiger partial charge on any atom is -0.506 e. The second-order valence-corrected chi connectivity index (χ2v) is 4.29. The molecule has 3 N–H and O–H groups in total. The summed E-state index contributed by atoms with van der Waals surface area (Å²) in [6, 6.07) is 12.2. The van der Waals surface area contributed by atoms with Crippen molar-refractivity contribution in [3.63, 3.8) is 0 Å². The van der Waals surface area contributed by atoms with E-state index in [0.717, 1.165) is 17.6 Å². The lowest BCUT2D eigenvalue weighted by Gasteiger charge is -2.06. The molecular weight excluding hydrogens is 226 g/mol. The number of hydrogen-bond acceptors (Lipinski definition) is 2. The summed E-state index contributed by atoms with van der Waals surface area (Å²) < 4.78 is 2.04. The van der Waals surface area contributed by atoms with Gasteiger partial charge >= 0.3 is 0 Å². The highest BCUT2D eigenvalue weighted by molar-refractivity contribution is 5.83. The Morgan fingerprint density at radius 2 is 2.00 bits per heavy atom. The lowest BCUT2D eigenvalue weighted by Crippen LogP contribution is -2.17. The van der Waals surface area contributed by atoms with Gasteiger partial charge in [-0.2, -0.15) is 0 Å². The van der Waals surface area contributed by atoms with Crippen molar-refractivity contribution in [2.75, 3.05) is 0 Å². The van der Waals surface area contributed by atoms with Gasteiger partial charge in [-0.3, -0.25) is 5.32 Å². The van der Waals surface area contributed by atoms with Gasteiger partial charge in [0, 0.05) is 18.9 Å². The molecule has 0 aliphatic carbocycles. The molecule has 2 heterocycles. The van der Waals surface area contributed by atoms with Crippen LogP contribution in [-0.2, 0) is 13.2 Å². The van der Waals surface area contributed by atoms with Crippen molar-refractivity contribution in [2.45, 2.75) is 13.2 Å². The highest BCUT2D eigenvalue weighted by atomic mass is 16.3. The predicted molar refractivity (Wildman–Crippen MR) is 71.2 cm³/mol. The largest absolute Gasteiger partial charge is 0.506 e. The third-order valence-corrected chi connectivity index (χ3v) is 3.04. The first-order valence-electron chi connectivity index (χ1n) is 5.94. The molecular formula is C14H15N3O. The molecule has 0 saturated carbocycles. The van der Waals surface area contributed by atoms with Crippen LogP contribution < -0.4 is 5.32 Å². The molecule has 1 aromatic carbocycles. The Bertz CT molecular complexity index is 639. The lowest BCUT2D eigenvalue weighted by molar-refractivity contribution is 0.481. The Balaban J connectivity index is 1.67. The van der Waals surface area contributed by atoms with Crippen molar-refractivity contribution in [1.82, 2.24) is 14.9 Å². The SMILES string of the molecule is Oc1c[nH]c2c1ccn2CNCc1ccccc1. The van der Waals surface area contributed by atoms with E-state index >= 15 is 0 Å². The Hall–Kier alpha value is -2.20. The third-order valence-electron chi connectivity index (χ3n) is 3.04. The van der Waals surface area contributed by atoms with Crippen LogP contribution in [0.3, 0.4) is 0 Å². The van der Waals surface area contributed by atoms with Gasteiger partial charge in [-0.1, -0.05) is 30.3 Å². The van der Waals surface area contributed by atoms with Crippen LogP contribution in [0, 0.1) is 0 Å². The lowest BCUT2D eigenvalue weighted by atomic mass is 10.2. The van der Waals surface area contributed by atoms with E-state index in [2.05, 4.69) is 22.4 Å². The van der Waals surface area contributed by atoms with Gasteiger partial charge in [0.1, 0.15) is 11.4 Å². The molecule has 0 atom stereocenters. The number of aromatic amines is 1. The van der Waals surface area contributed by atoms with Crippen LogP contribution in [-0.4, -0.2) is 14.7 Å². The highest BCUT2D eigenvalue weighted by Gasteiger charge is 2.05. The zero-order valence-electron chi connectivity index (χ0n) is 9.93. The van der Waals surface area contributed by atoms with E-state index in [-0.39, 0.29) is 0 Å². The summed E-state index contributed by atoms with van der Waals surface area (Å²) in [7, 11) is 0. The molecule has 3 rings (SSSR count). The van der Waals surface area contributed by atoms with Crippen LogP contribution in [0.2, 0.25) is 0 Å².